The van der Waals surface area contributed by atoms with Crippen molar-refractivity contribution in [1.29, 1.82) is 0 Å². The van der Waals surface area contributed by atoms with Gasteiger partial charge in [-0.1, -0.05) is 11.6 Å². The molecule has 1 amide bonds. The van der Waals surface area contributed by atoms with E-state index in [2.05, 4.69) is 5.32 Å². The topological polar surface area (TPSA) is 71.3 Å². The van der Waals surface area contributed by atoms with Crippen LogP contribution in [0.25, 0.3) is 0 Å². The minimum atomic E-state index is -0.737. The maximum absolute atomic E-state index is 12.1. The Labute approximate surface area is 116 Å². The van der Waals surface area contributed by atoms with E-state index in [-0.39, 0.29) is 17.9 Å². The first-order valence-corrected chi connectivity index (χ1v) is 6.70. The van der Waals surface area contributed by atoms with Crippen molar-refractivity contribution in [3.8, 4) is 0 Å². The van der Waals surface area contributed by atoms with Crippen LogP contribution in [0.4, 0.5) is 0 Å². The summed E-state index contributed by atoms with van der Waals surface area (Å²) in [5.74, 6) is -1.16. The zero-order chi connectivity index (χ0) is 14.0. The van der Waals surface area contributed by atoms with Crippen LogP contribution in [0.5, 0.6) is 0 Å². The van der Waals surface area contributed by atoms with E-state index in [4.69, 9.17) is 16.7 Å². The summed E-state index contributed by atoms with van der Waals surface area (Å²) in [5, 5.41) is 12.4. The van der Waals surface area contributed by atoms with Crippen molar-refractivity contribution in [3.63, 3.8) is 0 Å². The van der Waals surface area contributed by atoms with Gasteiger partial charge in [-0.2, -0.15) is 0 Å². The number of carboxylic acid groups (broad SMARTS) is 1. The third kappa shape index (κ3) is 3.29. The fourth-order valence-corrected chi connectivity index (χ4v) is 2.74. The quantitative estimate of drug-likeness (QED) is 0.892. The van der Waals surface area contributed by atoms with Crippen molar-refractivity contribution in [3.05, 3.63) is 23.0 Å². The lowest BCUT2D eigenvalue weighted by atomic mass is 9.86. The second kappa shape index (κ2) is 5.65. The van der Waals surface area contributed by atoms with E-state index in [0.717, 1.165) is 0 Å². The Balaban J connectivity index is 1.91. The molecule has 2 N–H and O–H groups in total. The molecular formula is C13H17ClN2O3. The van der Waals surface area contributed by atoms with Gasteiger partial charge < -0.3 is 15.0 Å². The first-order chi connectivity index (χ1) is 8.97. The van der Waals surface area contributed by atoms with Crippen LogP contribution in [0.1, 0.15) is 36.2 Å². The number of hydrogen-bond donors (Lipinski definition) is 2. The zero-order valence-electron chi connectivity index (χ0n) is 10.7. The number of rotatable bonds is 3. The van der Waals surface area contributed by atoms with Crippen LogP contribution in [0.3, 0.4) is 0 Å². The summed E-state index contributed by atoms with van der Waals surface area (Å²) in [4.78, 5) is 22.9. The Morgan fingerprint density at radius 2 is 2.00 bits per heavy atom. The van der Waals surface area contributed by atoms with Crippen LogP contribution in [-0.4, -0.2) is 27.6 Å². The molecule has 0 saturated heterocycles. The van der Waals surface area contributed by atoms with Crippen LogP contribution in [0.15, 0.2) is 12.3 Å². The van der Waals surface area contributed by atoms with Crippen molar-refractivity contribution >= 4 is 23.5 Å². The molecule has 0 bridgehead atoms. The molecule has 1 fully saturated rings. The van der Waals surface area contributed by atoms with Crippen LogP contribution >= 0.6 is 11.6 Å². The van der Waals surface area contributed by atoms with Crippen molar-refractivity contribution in [1.82, 2.24) is 9.88 Å². The molecule has 1 aromatic rings. The summed E-state index contributed by atoms with van der Waals surface area (Å²) in [6, 6.07) is 1.68. The summed E-state index contributed by atoms with van der Waals surface area (Å²) in [6.45, 7) is 0. The number of amides is 1. The highest BCUT2D eigenvalue weighted by atomic mass is 35.5. The summed E-state index contributed by atoms with van der Waals surface area (Å²) >= 11 is 5.84. The molecule has 0 aliphatic heterocycles. The Kier molecular flexibility index (Phi) is 4.14. The van der Waals surface area contributed by atoms with Gasteiger partial charge in [0.1, 0.15) is 5.69 Å². The highest BCUT2D eigenvalue weighted by Gasteiger charge is 2.27. The second-order valence-electron chi connectivity index (χ2n) is 5.01. The van der Waals surface area contributed by atoms with Crippen molar-refractivity contribution in [2.75, 3.05) is 0 Å². The van der Waals surface area contributed by atoms with E-state index in [0.29, 0.717) is 36.4 Å². The molecule has 1 heterocycles. The number of aromatic nitrogens is 1. The van der Waals surface area contributed by atoms with E-state index in [9.17, 15) is 9.59 Å². The van der Waals surface area contributed by atoms with Gasteiger partial charge in [-0.05, 0) is 31.7 Å². The van der Waals surface area contributed by atoms with E-state index in [1.807, 2.05) is 0 Å². The fraction of sp³-hybridized carbons (Fsp3) is 0.538. The largest absolute Gasteiger partial charge is 0.481 e. The lowest BCUT2D eigenvalue weighted by Crippen LogP contribution is -2.39. The molecule has 0 radical (unpaired) electrons. The smallest absolute Gasteiger partial charge is 0.306 e. The molecule has 1 saturated carbocycles. The number of hydrogen-bond acceptors (Lipinski definition) is 2. The molecule has 5 nitrogen and oxygen atoms in total. The zero-order valence-corrected chi connectivity index (χ0v) is 11.5. The van der Waals surface area contributed by atoms with Crippen LogP contribution in [-0.2, 0) is 11.8 Å². The number of carboxylic acids is 1. The minimum Gasteiger partial charge on any atom is -0.481 e. The number of nitrogens with zero attached hydrogens (tertiary/aromatic N) is 1. The molecule has 0 unspecified atom stereocenters. The minimum absolute atomic E-state index is 0.0526. The molecule has 6 heteroatoms. The summed E-state index contributed by atoms with van der Waals surface area (Å²) in [6.07, 6.45) is 4.34. The maximum atomic E-state index is 12.1. The van der Waals surface area contributed by atoms with Gasteiger partial charge in [0.25, 0.3) is 5.91 Å². The lowest BCUT2D eigenvalue weighted by molar-refractivity contribution is -0.142. The van der Waals surface area contributed by atoms with Gasteiger partial charge in [0, 0.05) is 19.3 Å². The van der Waals surface area contributed by atoms with Crippen molar-refractivity contribution in [2.45, 2.75) is 31.7 Å². The molecule has 1 aromatic heterocycles. The predicted molar refractivity (Wildman–Crippen MR) is 71.3 cm³/mol. The standard InChI is InChI=1S/C13H17ClN2O3/c1-16-7-9(14)6-11(16)12(17)15-10-4-2-8(3-5-10)13(18)19/h6-8,10H,2-5H2,1H3,(H,15,17)(H,18,19). The summed E-state index contributed by atoms with van der Waals surface area (Å²) in [5.41, 5.74) is 0.519. The number of carbonyl (C=O) groups excluding carboxylic acids is 1. The molecule has 2 rings (SSSR count). The van der Waals surface area contributed by atoms with Crippen molar-refractivity contribution < 1.29 is 14.7 Å². The van der Waals surface area contributed by atoms with Gasteiger partial charge in [0.2, 0.25) is 0 Å². The van der Waals surface area contributed by atoms with Crippen LogP contribution in [0.2, 0.25) is 5.02 Å². The van der Waals surface area contributed by atoms with Crippen LogP contribution in [0, 0.1) is 5.92 Å². The Morgan fingerprint density at radius 1 is 1.37 bits per heavy atom. The molecule has 0 atom stereocenters. The number of aryl methyl sites for hydroxylation is 1. The van der Waals surface area contributed by atoms with Gasteiger partial charge in [0.05, 0.1) is 10.9 Å². The van der Waals surface area contributed by atoms with Gasteiger partial charge in [-0.15, -0.1) is 0 Å². The van der Waals surface area contributed by atoms with Gasteiger partial charge >= 0.3 is 5.97 Å². The maximum Gasteiger partial charge on any atom is 0.306 e. The Morgan fingerprint density at radius 3 is 2.47 bits per heavy atom. The SMILES string of the molecule is Cn1cc(Cl)cc1C(=O)NC1CCC(C(=O)O)CC1. The average molecular weight is 285 g/mol. The van der Waals surface area contributed by atoms with Gasteiger partial charge in [-0.25, -0.2) is 0 Å². The summed E-state index contributed by atoms with van der Waals surface area (Å²) < 4.78 is 1.68. The van der Waals surface area contributed by atoms with E-state index >= 15 is 0 Å². The highest BCUT2D eigenvalue weighted by molar-refractivity contribution is 6.31. The van der Waals surface area contributed by atoms with Crippen LogP contribution < -0.4 is 5.32 Å². The van der Waals surface area contributed by atoms with Gasteiger partial charge in [0.15, 0.2) is 0 Å². The van der Waals surface area contributed by atoms with Gasteiger partial charge in [-0.3, -0.25) is 9.59 Å². The molecule has 0 spiro atoms. The number of halogens is 1. The molecule has 0 aromatic carbocycles. The molecular weight excluding hydrogens is 268 g/mol. The first kappa shape index (κ1) is 13.9. The average Bonchev–Trinajstić information content (AvgIpc) is 2.69. The van der Waals surface area contributed by atoms with E-state index < -0.39 is 5.97 Å². The lowest BCUT2D eigenvalue weighted by Gasteiger charge is -2.26. The molecule has 104 valence electrons. The Bertz CT molecular complexity index is 490. The van der Waals surface area contributed by atoms with E-state index in [1.54, 1.807) is 23.9 Å². The molecule has 19 heavy (non-hydrogen) atoms. The second-order valence-corrected chi connectivity index (χ2v) is 5.45. The monoisotopic (exact) mass is 284 g/mol. The normalized spacial score (nSPS) is 23.1. The number of nitrogens with one attached hydrogen (secondary N) is 1. The summed E-state index contributed by atoms with van der Waals surface area (Å²) in [7, 11) is 1.77. The van der Waals surface area contributed by atoms with Crippen molar-refractivity contribution in [2.24, 2.45) is 13.0 Å². The fourth-order valence-electron chi connectivity index (χ4n) is 2.49. The highest BCUT2D eigenvalue weighted by Crippen LogP contribution is 2.24. The molecule has 1 aliphatic rings. The number of carbonyl (C=O) groups is 2. The predicted octanol–water partition coefficient (Wildman–Crippen LogP) is 2.05. The molecule has 1 aliphatic carbocycles. The third-order valence-corrected chi connectivity index (χ3v) is 3.82. The number of aliphatic carboxylic acids is 1. The first-order valence-electron chi connectivity index (χ1n) is 6.33. The van der Waals surface area contributed by atoms with E-state index in [1.165, 1.54) is 0 Å². The Hall–Kier alpha value is -1.49. The third-order valence-electron chi connectivity index (χ3n) is 3.62.